The molecule has 2 fully saturated rings. The van der Waals surface area contributed by atoms with Gasteiger partial charge in [0.15, 0.2) is 15.6 Å². The molecule has 2 saturated heterocycles. The minimum Gasteiger partial charge on any atom is -0.435 e. The molecule has 35 heavy (non-hydrogen) atoms. The summed E-state index contributed by atoms with van der Waals surface area (Å²) in [5.41, 5.74) is 1.98. The summed E-state index contributed by atoms with van der Waals surface area (Å²) in [4.78, 5) is 17.7. The average molecular weight is 506 g/mol. The molecule has 11 heteroatoms. The summed E-state index contributed by atoms with van der Waals surface area (Å²) in [7, 11) is -3.13. The number of carbonyl (C=O) groups is 1. The molecular weight excluding hydrogens is 480 g/mol. The molecule has 0 saturated carbocycles. The Morgan fingerprint density at radius 1 is 1.34 bits per heavy atom. The third-order valence-corrected chi connectivity index (χ3v) is 8.59. The molecular formula is C24H25F2N3O5S. The van der Waals surface area contributed by atoms with Crippen LogP contribution in [0.25, 0.3) is 22.3 Å². The van der Waals surface area contributed by atoms with E-state index in [1.165, 1.54) is 18.3 Å². The number of ether oxygens (including phenoxy) is 2. The van der Waals surface area contributed by atoms with Gasteiger partial charge < -0.3 is 9.47 Å². The molecule has 2 atom stereocenters. The van der Waals surface area contributed by atoms with Gasteiger partial charge in [-0.1, -0.05) is 19.1 Å². The lowest BCUT2D eigenvalue weighted by molar-refractivity contribution is -0.0498. The standard InChI is InChI=1S/C24H25F2N3O5S/c1-24(6-8-35(31,32)14-24)11-20(30)16-10-19-22(27-12-16)21(28-29(19)17-5-7-33-13-17)15-3-2-4-18(9-15)34-23(25)26/h2-4,9-10,12,17,23H,5-8,11,13-14H2,1H3/t17?,24-/m1/s1. The molecule has 1 aromatic carbocycles. The van der Waals surface area contributed by atoms with Crippen LogP contribution < -0.4 is 4.74 Å². The summed E-state index contributed by atoms with van der Waals surface area (Å²) < 4.78 is 61.2. The summed E-state index contributed by atoms with van der Waals surface area (Å²) in [6, 6.07) is 7.92. The summed E-state index contributed by atoms with van der Waals surface area (Å²) in [5.74, 6) is -0.0700. The maximum Gasteiger partial charge on any atom is 0.387 e. The van der Waals surface area contributed by atoms with Gasteiger partial charge in [-0.3, -0.25) is 14.5 Å². The van der Waals surface area contributed by atoms with Crippen molar-refractivity contribution < 1.29 is 31.5 Å². The third-order valence-electron chi connectivity index (χ3n) is 6.62. The van der Waals surface area contributed by atoms with Crippen LogP contribution in [0.15, 0.2) is 36.5 Å². The number of alkyl halides is 2. The Bertz CT molecular complexity index is 1390. The first-order chi connectivity index (χ1) is 16.6. The Balaban J connectivity index is 1.53. The lowest BCUT2D eigenvalue weighted by Gasteiger charge is -2.20. The van der Waals surface area contributed by atoms with Crippen molar-refractivity contribution in [2.75, 3.05) is 24.7 Å². The second-order valence-corrected chi connectivity index (χ2v) is 11.7. The van der Waals surface area contributed by atoms with Gasteiger partial charge in [0.25, 0.3) is 0 Å². The summed E-state index contributed by atoms with van der Waals surface area (Å²) in [6.07, 6.45) is 2.77. The van der Waals surface area contributed by atoms with Gasteiger partial charge in [-0.2, -0.15) is 13.9 Å². The van der Waals surface area contributed by atoms with E-state index < -0.39 is 21.9 Å². The molecule has 2 aliphatic rings. The van der Waals surface area contributed by atoms with Gasteiger partial charge in [0.05, 0.1) is 29.7 Å². The van der Waals surface area contributed by atoms with E-state index in [-0.39, 0.29) is 35.5 Å². The van der Waals surface area contributed by atoms with E-state index in [1.807, 2.05) is 6.92 Å². The first kappa shape index (κ1) is 23.8. The maximum atomic E-state index is 13.1. The van der Waals surface area contributed by atoms with E-state index >= 15 is 0 Å². The summed E-state index contributed by atoms with van der Waals surface area (Å²) in [6.45, 7) is -0.0798. The molecule has 0 spiro atoms. The fraction of sp³-hybridized carbons (Fsp3) is 0.458. The number of aromatic nitrogens is 3. The monoisotopic (exact) mass is 505 g/mol. The number of carbonyl (C=O) groups excluding carboxylic acids is 1. The number of hydrogen-bond acceptors (Lipinski definition) is 7. The molecule has 0 N–H and O–H groups in total. The van der Waals surface area contributed by atoms with Gasteiger partial charge in [0.1, 0.15) is 17.0 Å². The Kier molecular flexibility index (Phi) is 6.08. The van der Waals surface area contributed by atoms with E-state index in [1.54, 1.807) is 22.9 Å². The van der Waals surface area contributed by atoms with Crippen molar-refractivity contribution in [3.63, 3.8) is 0 Å². The molecule has 0 bridgehead atoms. The molecule has 8 nitrogen and oxygen atoms in total. The first-order valence-electron chi connectivity index (χ1n) is 11.4. The quantitative estimate of drug-likeness (QED) is 0.447. The zero-order valence-electron chi connectivity index (χ0n) is 19.1. The third kappa shape index (κ3) is 4.92. The van der Waals surface area contributed by atoms with Crippen LogP contribution in [0.5, 0.6) is 5.75 Å². The second kappa shape index (κ2) is 8.94. The minimum atomic E-state index is -3.13. The summed E-state index contributed by atoms with van der Waals surface area (Å²) in [5, 5.41) is 4.74. The van der Waals surface area contributed by atoms with Crippen molar-refractivity contribution in [2.45, 2.75) is 38.8 Å². The van der Waals surface area contributed by atoms with Crippen LogP contribution in [0.2, 0.25) is 0 Å². The van der Waals surface area contributed by atoms with Gasteiger partial charge in [-0.15, -0.1) is 0 Å². The highest BCUT2D eigenvalue weighted by Gasteiger charge is 2.40. The molecule has 3 aromatic rings. The number of sulfone groups is 1. The van der Waals surface area contributed by atoms with Crippen molar-refractivity contribution in [3.05, 3.63) is 42.1 Å². The van der Waals surface area contributed by atoms with Gasteiger partial charge >= 0.3 is 6.61 Å². The smallest absolute Gasteiger partial charge is 0.387 e. The molecule has 0 aliphatic carbocycles. The summed E-state index contributed by atoms with van der Waals surface area (Å²) >= 11 is 0. The van der Waals surface area contributed by atoms with Gasteiger partial charge in [-0.05, 0) is 36.5 Å². The molecule has 186 valence electrons. The topological polar surface area (TPSA) is 100 Å². The molecule has 4 heterocycles. The Morgan fingerprint density at radius 3 is 2.86 bits per heavy atom. The largest absolute Gasteiger partial charge is 0.435 e. The van der Waals surface area contributed by atoms with Gasteiger partial charge in [0.2, 0.25) is 0 Å². The Labute approximate surface area is 201 Å². The maximum absolute atomic E-state index is 13.1. The fourth-order valence-electron chi connectivity index (χ4n) is 4.89. The number of halogens is 2. The molecule has 0 amide bonds. The van der Waals surface area contributed by atoms with Crippen LogP contribution in [0, 0.1) is 5.41 Å². The molecule has 0 radical (unpaired) electrons. The van der Waals surface area contributed by atoms with E-state index in [4.69, 9.17) is 9.84 Å². The SMILES string of the molecule is C[C@]1(CC(=O)c2cnc3c(-c4cccc(OC(F)F)c4)nn(C4CCOC4)c3c2)CCS(=O)(=O)C1. The number of pyridine rings is 1. The highest BCUT2D eigenvalue weighted by molar-refractivity contribution is 7.91. The lowest BCUT2D eigenvalue weighted by Crippen LogP contribution is -2.22. The number of benzene rings is 1. The van der Waals surface area contributed by atoms with Crippen molar-refractivity contribution in [2.24, 2.45) is 5.41 Å². The molecule has 5 rings (SSSR count). The highest BCUT2D eigenvalue weighted by atomic mass is 32.2. The Hall–Kier alpha value is -2.92. The van der Waals surface area contributed by atoms with Crippen LogP contribution in [-0.2, 0) is 14.6 Å². The number of Topliss-reactive ketones (excluding diaryl/α,β-unsaturated/α-hetero) is 1. The van der Waals surface area contributed by atoms with Crippen molar-refractivity contribution in [3.8, 4) is 17.0 Å². The lowest BCUT2D eigenvalue weighted by atomic mass is 9.83. The minimum absolute atomic E-state index is 0.0000644. The fourth-order valence-corrected chi connectivity index (χ4v) is 7.14. The first-order valence-corrected chi connectivity index (χ1v) is 13.2. The molecule has 2 aliphatic heterocycles. The predicted molar refractivity (Wildman–Crippen MR) is 124 cm³/mol. The van der Waals surface area contributed by atoms with E-state index in [9.17, 15) is 22.0 Å². The van der Waals surface area contributed by atoms with Crippen LogP contribution in [0.4, 0.5) is 8.78 Å². The zero-order valence-corrected chi connectivity index (χ0v) is 19.9. The predicted octanol–water partition coefficient (Wildman–Crippen LogP) is 4.06. The van der Waals surface area contributed by atoms with Crippen LogP contribution >= 0.6 is 0 Å². The van der Waals surface area contributed by atoms with Crippen LogP contribution in [0.1, 0.15) is 42.6 Å². The van der Waals surface area contributed by atoms with Crippen molar-refractivity contribution >= 4 is 26.7 Å². The second-order valence-electron chi connectivity index (χ2n) is 9.56. The normalized spacial score (nSPS) is 23.8. The van der Waals surface area contributed by atoms with E-state index in [2.05, 4.69) is 9.72 Å². The van der Waals surface area contributed by atoms with Gasteiger partial charge in [0, 0.05) is 30.4 Å². The Morgan fingerprint density at radius 2 is 2.17 bits per heavy atom. The molecule has 2 aromatic heterocycles. The van der Waals surface area contributed by atoms with Crippen molar-refractivity contribution in [1.82, 2.24) is 14.8 Å². The number of hydrogen-bond donors (Lipinski definition) is 0. The van der Waals surface area contributed by atoms with Gasteiger partial charge in [-0.25, -0.2) is 8.42 Å². The van der Waals surface area contributed by atoms with Crippen LogP contribution in [0.3, 0.4) is 0 Å². The van der Waals surface area contributed by atoms with E-state index in [0.29, 0.717) is 47.5 Å². The average Bonchev–Trinajstić information content (AvgIpc) is 3.50. The van der Waals surface area contributed by atoms with Crippen molar-refractivity contribution in [1.29, 1.82) is 0 Å². The van der Waals surface area contributed by atoms with Crippen LogP contribution in [-0.4, -0.2) is 60.3 Å². The number of fused-ring (bicyclic) bond motifs is 1. The zero-order chi connectivity index (χ0) is 24.8. The number of ketones is 1. The molecule has 1 unspecified atom stereocenters. The number of nitrogens with zero attached hydrogens (tertiary/aromatic N) is 3. The highest BCUT2D eigenvalue weighted by Crippen LogP contribution is 2.37. The van der Waals surface area contributed by atoms with E-state index in [0.717, 1.165) is 6.42 Å². The number of rotatable bonds is 7.